The topological polar surface area (TPSA) is 74.3 Å². The summed E-state index contributed by atoms with van der Waals surface area (Å²) in [6, 6.07) is 6.28. The Morgan fingerprint density at radius 2 is 2.12 bits per heavy atom. The fourth-order valence-corrected chi connectivity index (χ4v) is 3.42. The molecule has 0 amide bonds. The average molecular weight is 330 g/mol. The van der Waals surface area contributed by atoms with Crippen LogP contribution in [0.4, 0.5) is 0 Å². The molecule has 2 aromatic rings. The third-order valence-corrected chi connectivity index (χ3v) is 4.64. The van der Waals surface area contributed by atoms with Crippen LogP contribution in [0.25, 0.3) is 0 Å². The molecule has 0 saturated carbocycles. The second-order valence-corrected chi connectivity index (χ2v) is 6.56. The maximum absolute atomic E-state index is 10.4. The van der Waals surface area contributed by atoms with Crippen LogP contribution in [0.3, 0.4) is 0 Å². The van der Waals surface area contributed by atoms with E-state index >= 15 is 0 Å². The van der Waals surface area contributed by atoms with E-state index < -0.39 is 6.10 Å². The van der Waals surface area contributed by atoms with Crippen LogP contribution in [0.15, 0.2) is 24.5 Å². The summed E-state index contributed by atoms with van der Waals surface area (Å²) in [6.07, 6.45) is 4.38. The summed E-state index contributed by atoms with van der Waals surface area (Å²) in [5.41, 5.74) is 2.19. The van der Waals surface area contributed by atoms with Gasteiger partial charge in [-0.3, -0.25) is 10.00 Å². The quantitative estimate of drug-likeness (QED) is 0.851. The lowest BCUT2D eigenvalue weighted by molar-refractivity contribution is 0.0370. The predicted octanol–water partition coefficient (Wildman–Crippen LogP) is 2.39. The zero-order chi connectivity index (χ0) is 16.9. The minimum atomic E-state index is -0.535. The number of aliphatic hydroxyl groups excluding tert-OH is 1. The third-order valence-electron chi connectivity index (χ3n) is 4.64. The molecule has 1 fully saturated rings. The van der Waals surface area contributed by atoms with E-state index in [1.165, 1.54) is 6.42 Å². The number of aliphatic hydroxyl groups is 1. The van der Waals surface area contributed by atoms with Gasteiger partial charge in [-0.25, -0.2) is 4.98 Å². The molecular weight excluding hydrogens is 304 g/mol. The SMILES string of the molecule is Cc1cccc(C)c1OCC(O)CN1CCCCC1c1ncn[nH]1. The number of aryl methyl sites for hydroxylation is 2. The van der Waals surface area contributed by atoms with Crippen LogP contribution in [0, 0.1) is 13.8 Å². The molecule has 2 N–H and O–H groups in total. The predicted molar refractivity (Wildman–Crippen MR) is 92.0 cm³/mol. The van der Waals surface area contributed by atoms with E-state index in [4.69, 9.17) is 4.74 Å². The van der Waals surface area contributed by atoms with E-state index in [0.717, 1.165) is 42.1 Å². The van der Waals surface area contributed by atoms with Crippen LogP contribution in [0.5, 0.6) is 5.75 Å². The number of H-pyrrole nitrogens is 1. The van der Waals surface area contributed by atoms with Crippen molar-refractivity contribution in [1.82, 2.24) is 20.1 Å². The molecule has 0 radical (unpaired) electrons. The molecule has 0 spiro atoms. The Morgan fingerprint density at radius 1 is 1.33 bits per heavy atom. The van der Waals surface area contributed by atoms with Gasteiger partial charge in [0.15, 0.2) is 0 Å². The Hall–Kier alpha value is -1.92. The van der Waals surface area contributed by atoms with Crippen LogP contribution in [-0.4, -0.2) is 51.0 Å². The van der Waals surface area contributed by atoms with Crippen molar-refractivity contribution in [2.75, 3.05) is 19.7 Å². The number of aromatic nitrogens is 3. The number of para-hydroxylation sites is 1. The molecule has 2 unspecified atom stereocenters. The molecule has 1 aromatic carbocycles. The summed E-state index contributed by atoms with van der Waals surface area (Å²) < 4.78 is 5.88. The maximum Gasteiger partial charge on any atom is 0.141 e. The Bertz CT molecular complexity index is 624. The highest BCUT2D eigenvalue weighted by atomic mass is 16.5. The van der Waals surface area contributed by atoms with Gasteiger partial charge in [-0.15, -0.1) is 0 Å². The van der Waals surface area contributed by atoms with Gasteiger partial charge in [0, 0.05) is 6.54 Å². The highest BCUT2D eigenvalue weighted by molar-refractivity contribution is 5.39. The highest BCUT2D eigenvalue weighted by Gasteiger charge is 2.27. The minimum absolute atomic E-state index is 0.205. The van der Waals surface area contributed by atoms with Gasteiger partial charge in [0.25, 0.3) is 0 Å². The molecule has 0 bridgehead atoms. The van der Waals surface area contributed by atoms with E-state index in [2.05, 4.69) is 20.1 Å². The molecule has 2 heterocycles. The summed E-state index contributed by atoms with van der Waals surface area (Å²) >= 11 is 0. The third kappa shape index (κ3) is 3.94. The van der Waals surface area contributed by atoms with Crippen molar-refractivity contribution < 1.29 is 9.84 Å². The Kier molecular flexibility index (Phi) is 5.48. The van der Waals surface area contributed by atoms with E-state index in [0.29, 0.717) is 13.2 Å². The van der Waals surface area contributed by atoms with Gasteiger partial charge < -0.3 is 9.84 Å². The van der Waals surface area contributed by atoms with Gasteiger partial charge in [-0.05, 0) is 44.4 Å². The maximum atomic E-state index is 10.4. The van der Waals surface area contributed by atoms with E-state index in [9.17, 15) is 5.11 Å². The van der Waals surface area contributed by atoms with Crippen LogP contribution < -0.4 is 4.74 Å². The number of nitrogens with zero attached hydrogens (tertiary/aromatic N) is 3. The van der Waals surface area contributed by atoms with Crippen LogP contribution in [0.2, 0.25) is 0 Å². The number of aromatic amines is 1. The number of hydrogen-bond donors (Lipinski definition) is 2. The van der Waals surface area contributed by atoms with Crippen molar-refractivity contribution in [2.24, 2.45) is 0 Å². The fourth-order valence-electron chi connectivity index (χ4n) is 3.42. The summed E-state index contributed by atoms with van der Waals surface area (Å²) in [7, 11) is 0. The molecule has 1 aromatic heterocycles. The van der Waals surface area contributed by atoms with E-state index in [1.807, 2.05) is 32.0 Å². The second-order valence-electron chi connectivity index (χ2n) is 6.56. The molecular formula is C18H26N4O2. The number of β-amino-alcohol motifs (C(OH)–C–C–N with tert-alkyl or cyclic N) is 1. The number of hydrogen-bond acceptors (Lipinski definition) is 5. The van der Waals surface area contributed by atoms with Crippen molar-refractivity contribution >= 4 is 0 Å². The molecule has 1 aliphatic heterocycles. The van der Waals surface area contributed by atoms with E-state index in [1.54, 1.807) is 6.33 Å². The highest BCUT2D eigenvalue weighted by Crippen LogP contribution is 2.28. The lowest BCUT2D eigenvalue weighted by atomic mass is 10.0. The molecule has 1 saturated heterocycles. The van der Waals surface area contributed by atoms with Gasteiger partial charge in [0.1, 0.15) is 30.6 Å². The van der Waals surface area contributed by atoms with Gasteiger partial charge in [-0.2, -0.15) is 5.10 Å². The van der Waals surface area contributed by atoms with Crippen LogP contribution in [0.1, 0.15) is 42.3 Å². The molecule has 1 aliphatic rings. The number of benzene rings is 1. The normalized spacial score (nSPS) is 20.0. The molecule has 0 aliphatic carbocycles. The Morgan fingerprint density at radius 3 is 2.83 bits per heavy atom. The van der Waals surface area contributed by atoms with Gasteiger partial charge >= 0.3 is 0 Å². The van der Waals surface area contributed by atoms with Crippen molar-refractivity contribution in [3.05, 3.63) is 41.5 Å². The molecule has 6 heteroatoms. The lowest BCUT2D eigenvalue weighted by Crippen LogP contribution is -2.41. The second kappa shape index (κ2) is 7.77. The minimum Gasteiger partial charge on any atom is -0.490 e. The van der Waals surface area contributed by atoms with Gasteiger partial charge in [-0.1, -0.05) is 24.6 Å². The number of ether oxygens (including phenoxy) is 1. The zero-order valence-electron chi connectivity index (χ0n) is 14.4. The summed E-state index contributed by atoms with van der Waals surface area (Å²) in [5.74, 6) is 1.76. The van der Waals surface area contributed by atoms with Crippen molar-refractivity contribution in [2.45, 2.75) is 45.3 Å². The summed E-state index contributed by atoms with van der Waals surface area (Å²) in [5, 5.41) is 17.4. The number of rotatable bonds is 6. The van der Waals surface area contributed by atoms with Gasteiger partial charge in [0.2, 0.25) is 0 Å². The first-order valence-electron chi connectivity index (χ1n) is 8.61. The van der Waals surface area contributed by atoms with Crippen molar-refractivity contribution in [1.29, 1.82) is 0 Å². The molecule has 6 nitrogen and oxygen atoms in total. The monoisotopic (exact) mass is 330 g/mol. The van der Waals surface area contributed by atoms with Crippen LogP contribution in [-0.2, 0) is 0 Å². The summed E-state index contributed by atoms with van der Waals surface area (Å²) in [4.78, 5) is 6.57. The molecule has 2 atom stereocenters. The number of likely N-dealkylation sites (tertiary alicyclic amines) is 1. The van der Waals surface area contributed by atoms with Crippen molar-refractivity contribution in [3.63, 3.8) is 0 Å². The number of nitrogens with one attached hydrogen (secondary N) is 1. The Labute approximate surface area is 142 Å². The zero-order valence-corrected chi connectivity index (χ0v) is 14.4. The standard InChI is InChI=1S/C18H26N4O2/c1-13-6-5-7-14(2)17(13)24-11-15(23)10-22-9-4-3-8-16(22)18-19-12-20-21-18/h5-7,12,15-16,23H,3-4,8-11H2,1-2H3,(H,19,20,21). The Balaban J connectivity index is 1.58. The van der Waals surface area contributed by atoms with Crippen molar-refractivity contribution in [3.8, 4) is 5.75 Å². The molecule has 3 rings (SSSR count). The largest absolute Gasteiger partial charge is 0.490 e. The number of piperidine rings is 1. The lowest BCUT2D eigenvalue weighted by Gasteiger charge is -2.35. The fraction of sp³-hybridized carbons (Fsp3) is 0.556. The first-order chi connectivity index (χ1) is 11.6. The van der Waals surface area contributed by atoms with Crippen LogP contribution >= 0.6 is 0 Å². The van der Waals surface area contributed by atoms with Gasteiger partial charge in [0.05, 0.1) is 6.04 Å². The smallest absolute Gasteiger partial charge is 0.141 e. The summed E-state index contributed by atoms with van der Waals surface area (Å²) in [6.45, 7) is 5.89. The molecule has 130 valence electrons. The first-order valence-corrected chi connectivity index (χ1v) is 8.61. The van der Waals surface area contributed by atoms with E-state index in [-0.39, 0.29) is 6.04 Å². The average Bonchev–Trinajstić information content (AvgIpc) is 3.09. The first kappa shape index (κ1) is 16.9. The molecule has 24 heavy (non-hydrogen) atoms.